The van der Waals surface area contributed by atoms with Crippen molar-refractivity contribution in [3.8, 4) is 11.1 Å². The highest BCUT2D eigenvalue weighted by Crippen LogP contribution is 2.37. The van der Waals surface area contributed by atoms with Crippen LogP contribution in [0.2, 0.25) is 0 Å². The average Bonchev–Trinajstić information content (AvgIpc) is 3.12. The van der Waals surface area contributed by atoms with E-state index in [0.717, 1.165) is 55.0 Å². The molecule has 1 amide bonds. The zero-order valence-corrected chi connectivity index (χ0v) is 14.8. The molecular formula is C19H25N5O. The molecule has 1 unspecified atom stereocenters. The molecule has 0 spiro atoms. The quantitative estimate of drug-likeness (QED) is 0.878. The number of rotatable bonds is 5. The first-order valence-electron chi connectivity index (χ1n) is 9.17. The number of nitrogens with zero attached hydrogens (tertiary/aromatic N) is 3. The number of carbonyl (C=O) groups is 1. The molecule has 0 bridgehead atoms. The third kappa shape index (κ3) is 3.38. The summed E-state index contributed by atoms with van der Waals surface area (Å²) in [6.07, 6.45) is 6.84. The van der Waals surface area contributed by atoms with Crippen molar-refractivity contribution in [1.82, 2.24) is 20.1 Å². The predicted octanol–water partition coefficient (Wildman–Crippen LogP) is 3.02. The van der Waals surface area contributed by atoms with Gasteiger partial charge in [-0.25, -0.2) is 4.98 Å². The Bertz CT molecular complexity index is 765. The molecule has 1 aliphatic carbocycles. The van der Waals surface area contributed by atoms with E-state index in [1.807, 2.05) is 23.4 Å². The Kier molecular flexibility index (Phi) is 4.19. The van der Waals surface area contributed by atoms with Crippen molar-refractivity contribution < 1.29 is 4.79 Å². The molecule has 1 aliphatic heterocycles. The summed E-state index contributed by atoms with van der Waals surface area (Å²) in [5, 5.41) is 10.8. The Morgan fingerprint density at radius 1 is 1.36 bits per heavy atom. The molecule has 3 heterocycles. The first-order valence-corrected chi connectivity index (χ1v) is 9.17. The number of likely N-dealkylation sites (tertiary alicyclic amines) is 1. The monoisotopic (exact) mass is 339 g/mol. The maximum absolute atomic E-state index is 12.3. The van der Waals surface area contributed by atoms with Gasteiger partial charge in [0.1, 0.15) is 5.82 Å². The molecule has 2 aliphatic rings. The zero-order valence-electron chi connectivity index (χ0n) is 14.8. The second-order valence-electron chi connectivity index (χ2n) is 7.47. The van der Waals surface area contributed by atoms with Crippen LogP contribution in [0.15, 0.2) is 24.5 Å². The smallest absolute Gasteiger partial charge is 0.225 e. The molecule has 1 saturated carbocycles. The summed E-state index contributed by atoms with van der Waals surface area (Å²) in [5.74, 6) is 1.84. The Hall–Kier alpha value is -2.37. The molecule has 1 atom stereocenters. The molecule has 0 radical (unpaired) electrons. The maximum Gasteiger partial charge on any atom is 0.225 e. The van der Waals surface area contributed by atoms with Crippen molar-refractivity contribution in [2.75, 3.05) is 18.4 Å². The third-order valence-corrected chi connectivity index (χ3v) is 5.01. The lowest BCUT2D eigenvalue weighted by Crippen LogP contribution is -2.29. The van der Waals surface area contributed by atoms with Gasteiger partial charge in [0.2, 0.25) is 5.91 Å². The van der Waals surface area contributed by atoms with Gasteiger partial charge < -0.3 is 10.2 Å². The molecule has 2 aromatic rings. The zero-order chi connectivity index (χ0) is 17.4. The van der Waals surface area contributed by atoms with Crippen LogP contribution in [0.1, 0.15) is 44.7 Å². The molecule has 132 valence electrons. The minimum atomic E-state index is 0.296. The van der Waals surface area contributed by atoms with Crippen LogP contribution in [-0.2, 0) is 4.79 Å². The van der Waals surface area contributed by atoms with Gasteiger partial charge in [-0.1, -0.05) is 0 Å². The van der Waals surface area contributed by atoms with Crippen LogP contribution in [-0.4, -0.2) is 45.1 Å². The number of carbonyl (C=O) groups excluding carboxylic acids is 1. The van der Waals surface area contributed by atoms with Crippen molar-refractivity contribution in [3.05, 3.63) is 30.2 Å². The summed E-state index contributed by atoms with van der Waals surface area (Å²) in [6.45, 7) is 5.85. The fraction of sp³-hybridized carbons (Fsp3) is 0.526. The van der Waals surface area contributed by atoms with Crippen LogP contribution < -0.4 is 5.32 Å². The molecule has 25 heavy (non-hydrogen) atoms. The molecule has 4 rings (SSSR count). The van der Waals surface area contributed by atoms with E-state index in [4.69, 9.17) is 0 Å². The van der Waals surface area contributed by atoms with E-state index in [0.29, 0.717) is 23.8 Å². The van der Waals surface area contributed by atoms with Crippen LogP contribution in [0, 0.1) is 5.92 Å². The number of hydrogen-bond acceptors (Lipinski definition) is 4. The number of aromatic nitrogens is 3. The van der Waals surface area contributed by atoms with E-state index < -0.39 is 0 Å². The lowest BCUT2D eigenvalue weighted by Gasteiger charge is -2.16. The van der Waals surface area contributed by atoms with Gasteiger partial charge in [0.15, 0.2) is 0 Å². The predicted molar refractivity (Wildman–Crippen MR) is 97.2 cm³/mol. The van der Waals surface area contributed by atoms with E-state index in [9.17, 15) is 4.79 Å². The summed E-state index contributed by atoms with van der Waals surface area (Å²) in [4.78, 5) is 18.7. The lowest BCUT2D eigenvalue weighted by molar-refractivity contribution is -0.131. The standard InChI is InChI=1S/C19H25N5O/c1-12(2)22-17-9-14(5-7-20-17)16-10-21-23-18(16)15-6-8-24(11-15)19(25)13-3-4-13/h5,7,9-10,12-13,15H,3-4,6,8,11H2,1-2H3,(H,20,22)(H,21,23). The normalized spacial score (nSPS) is 20.3. The summed E-state index contributed by atoms with van der Waals surface area (Å²) < 4.78 is 0. The van der Waals surface area contributed by atoms with Crippen LogP contribution in [0.4, 0.5) is 5.82 Å². The lowest BCUT2D eigenvalue weighted by atomic mass is 9.97. The van der Waals surface area contributed by atoms with Gasteiger partial charge in [0.25, 0.3) is 0 Å². The molecule has 1 saturated heterocycles. The summed E-state index contributed by atoms with van der Waals surface area (Å²) >= 11 is 0. The maximum atomic E-state index is 12.3. The first kappa shape index (κ1) is 16.1. The number of amides is 1. The SMILES string of the molecule is CC(C)Nc1cc(-c2cn[nH]c2C2CCN(C(=O)C3CC3)C2)ccn1. The number of aromatic amines is 1. The molecule has 6 nitrogen and oxygen atoms in total. The minimum absolute atomic E-state index is 0.296. The van der Waals surface area contributed by atoms with Crippen molar-refractivity contribution in [3.63, 3.8) is 0 Å². The number of nitrogens with one attached hydrogen (secondary N) is 2. The molecule has 0 aromatic carbocycles. The van der Waals surface area contributed by atoms with Crippen molar-refractivity contribution in [2.45, 2.75) is 45.1 Å². The van der Waals surface area contributed by atoms with Gasteiger partial charge in [-0.05, 0) is 50.8 Å². The molecular weight excluding hydrogens is 314 g/mol. The molecule has 6 heteroatoms. The molecule has 2 N–H and O–H groups in total. The van der Waals surface area contributed by atoms with Gasteiger partial charge >= 0.3 is 0 Å². The van der Waals surface area contributed by atoms with Crippen LogP contribution in [0.3, 0.4) is 0 Å². The number of hydrogen-bond donors (Lipinski definition) is 2. The highest BCUT2D eigenvalue weighted by atomic mass is 16.2. The Morgan fingerprint density at radius 3 is 2.96 bits per heavy atom. The van der Waals surface area contributed by atoms with E-state index >= 15 is 0 Å². The van der Waals surface area contributed by atoms with E-state index in [2.05, 4.69) is 40.4 Å². The van der Waals surface area contributed by atoms with Gasteiger partial charge in [-0.2, -0.15) is 5.10 Å². The Labute approximate surface area is 148 Å². The van der Waals surface area contributed by atoms with Crippen LogP contribution in [0.5, 0.6) is 0 Å². The second kappa shape index (κ2) is 6.50. The van der Waals surface area contributed by atoms with Crippen molar-refractivity contribution >= 4 is 11.7 Å². The Balaban J connectivity index is 1.54. The topological polar surface area (TPSA) is 73.9 Å². The second-order valence-corrected chi connectivity index (χ2v) is 7.47. The highest BCUT2D eigenvalue weighted by Gasteiger charge is 2.37. The first-order chi connectivity index (χ1) is 12.1. The van der Waals surface area contributed by atoms with Crippen LogP contribution >= 0.6 is 0 Å². The third-order valence-electron chi connectivity index (χ3n) is 5.01. The fourth-order valence-corrected chi connectivity index (χ4v) is 3.59. The summed E-state index contributed by atoms with van der Waals surface area (Å²) in [5.41, 5.74) is 3.35. The van der Waals surface area contributed by atoms with Crippen LogP contribution in [0.25, 0.3) is 11.1 Å². The minimum Gasteiger partial charge on any atom is -0.368 e. The van der Waals surface area contributed by atoms with Crippen molar-refractivity contribution in [1.29, 1.82) is 0 Å². The fourth-order valence-electron chi connectivity index (χ4n) is 3.59. The summed E-state index contributed by atoms with van der Waals surface area (Å²) in [6, 6.07) is 4.42. The van der Waals surface area contributed by atoms with Crippen molar-refractivity contribution in [2.24, 2.45) is 5.92 Å². The Morgan fingerprint density at radius 2 is 2.20 bits per heavy atom. The summed E-state index contributed by atoms with van der Waals surface area (Å²) in [7, 11) is 0. The number of H-pyrrole nitrogens is 1. The van der Waals surface area contributed by atoms with E-state index in [-0.39, 0.29) is 0 Å². The number of anilines is 1. The van der Waals surface area contributed by atoms with Gasteiger partial charge in [0.05, 0.1) is 6.20 Å². The van der Waals surface area contributed by atoms with Gasteiger partial charge in [-0.3, -0.25) is 9.89 Å². The average molecular weight is 339 g/mol. The van der Waals surface area contributed by atoms with Gasteiger partial charge in [-0.15, -0.1) is 0 Å². The molecule has 2 aromatic heterocycles. The van der Waals surface area contributed by atoms with E-state index in [1.165, 1.54) is 0 Å². The molecule has 2 fully saturated rings. The van der Waals surface area contributed by atoms with E-state index in [1.54, 1.807) is 0 Å². The number of pyridine rings is 1. The van der Waals surface area contributed by atoms with Gasteiger partial charge in [0, 0.05) is 48.4 Å². The highest BCUT2D eigenvalue weighted by molar-refractivity contribution is 5.81. The largest absolute Gasteiger partial charge is 0.368 e.